The molecule has 2 N–H and O–H groups in total. The van der Waals surface area contributed by atoms with Crippen LogP contribution in [0.2, 0.25) is 5.02 Å². The Morgan fingerprint density at radius 2 is 1.16 bits per heavy atom. The van der Waals surface area contributed by atoms with Gasteiger partial charge in [0.15, 0.2) is 0 Å². The van der Waals surface area contributed by atoms with E-state index in [-0.39, 0.29) is 5.75 Å². The van der Waals surface area contributed by atoms with Gasteiger partial charge in [-0.3, -0.25) is 4.99 Å². The molecule has 0 saturated carbocycles. The predicted octanol–water partition coefficient (Wildman–Crippen LogP) is 7.81. The highest BCUT2D eigenvalue weighted by atomic mass is 35.5. The van der Waals surface area contributed by atoms with E-state index in [9.17, 15) is 10.2 Å². The summed E-state index contributed by atoms with van der Waals surface area (Å²) < 4.78 is 0. The third-order valence-corrected chi connectivity index (χ3v) is 6.76. The summed E-state index contributed by atoms with van der Waals surface area (Å²) in [5, 5.41) is 23.8. The SMILES string of the molecule is Oc1ccc(-c2ccc(Cl)cc2)cc1C=N[C@H](c1ccccc1)C(O)(c1ccccc1)c1ccccc1. The molecule has 5 aromatic rings. The molecule has 3 nitrogen and oxygen atoms in total. The topological polar surface area (TPSA) is 52.8 Å². The molecular weight excluding hydrogens is 478 g/mol. The number of hydrogen-bond donors (Lipinski definition) is 2. The first-order chi connectivity index (χ1) is 18.1. The van der Waals surface area contributed by atoms with E-state index < -0.39 is 11.6 Å². The highest BCUT2D eigenvalue weighted by molar-refractivity contribution is 6.30. The van der Waals surface area contributed by atoms with Gasteiger partial charge in [-0.05, 0) is 52.1 Å². The van der Waals surface area contributed by atoms with Crippen molar-refractivity contribution in [3.8, 4) is 16.9 Å². The molecule has 0 spiro atoms. The van der Waals surface area contributed by atoms with Gasteiger partial charge in [0.2, 0.25) is 0 Å². The van der Waals surface area contributed by atoms with Gasteiger partial charge in [0.05, 0.1) is 0 Å². The predicted molar refractivity (Wildman–Crippen MR) is 151 cm³/mol. The standard InChI is InChI=1S/C33H26ClNO2/c34-30-19-16-24(17-20-30)26-18-21-31(36)27(22-26)23-35-32(25-10-4-1-5-11-25)33(37,28-12-6-2-7-13-28)29-14-8-3-9-15-29/h1-23,32,36-37H/t32-/m1/s1. The molecule has 4 heteroatoms. The molecule has 0 aliphatic heterocycles. The van der Waals surface area contributed by atoms with Gasteiger partial charge in [0, 0.05) is 16.8 Å². The third kappa shape index (κ3) is 5.19. The Balaban J connectivity index is 1.64. The van der Waals surface area contributed by atoms with Crippen molar-refractivity contribution in [2.45, 2.75) is 11.6 Å². The van der Waals surface area contributed by atoms with Gasteiger partial charge in [-0.25, -0.2) is 0 Å². The molecule has 37 heavy (non-hydrogen) atoms. The number of rotatable bonds is 7. The molecule has 0 aliphatic carbocycles. The maximum atomic E-state index is 12.5. The van der Waals surface area contributed by atoms with Crippen LogP contribution in [0, 0.1) is 0 Å². The highest BCUT2D eigenvalue weighted by Crippen LogP contribution is 2.43. The van der Waals surface area contributed by atoms with E-state index in [2.05, 4.69) is 0 Å². The summed E-state index contributed by atoms with van der Waals surface area (Å²) in [7, 11) is 0. The molecular formula is C33H26ClNO2. The molecule has 0 unspecified atom stereocenters. The second-order valence-corrected chi connectivity index (χ2v) is 9.31. The fraction of sp³-hybridized carbons (Fsp3) is 0.0606. The van der Waals surface area contributed by atoms with Gasteiger partial charge in [0.25, 0.3) is 0 Å². The van der Waals surface area contributed by atoms with E-state index in [1.54, 1.807) is 12.3 Å². The van der Waals surface area contributed by atoms with Gasteiger partial charge in [-0.15, -0.1) is 0 Å². The lowest BCUT2D eigenvalue weighted by Gasteiger charge is -2.35. The molecule has 1 atom stereocenters. The van der Waals surface area contributed by atoms with Crippen molar-refractivity contribution in [2.24, 2.45) is 4.99 Å². The molecule has 0 bridgehead atoms. The van der Waals surface area contributed by atoms with Gasteiger partial charge < -0.3 is 10.2 Å². The average Bonchev–Trinajstić information content (AvgIpc) is 2.96. The summed E-state index contributed by atoms with van der Waals surface area (Å²) in [6.07, 6.45) is 1.64. The number of aliphatic hydroxyl groups is 1. The van der Waals surface area contributed by atoms with Gasteiger partial charge in [-0.2, -0.15) is 0 Å². The summed E-state index contributed by atoms with van der Waals surface area (Å²) in [4.78, 5) is 4.94. The minimum absolute atomic E-state index is 0.108. The summed E-state index contributed by atoms with van der Waals surface area (Å²) in [5.74, 6) is 0.108. The third-order valence-electron chi connectivity index (χ3n) is 6.51. The molecule has 0 aromatic heterocycles. The van der Waals surface area contributed by atoms with Gasteiger partial charge in [-0.1, -0.05) is 121 Å². The lowest BCUT2D eigenvalue weighted by molar-refractivity contribution is 0.0523. The maximum absolute atomic E-state index is 12.5. The number of nitrogens with zero attached hydrogens (tertiary/aromatic N) is 1. The fourth-order valence-electron chi connectivity index (χ4n) is 4.57. The van der Waals surface area contributed by atoms with E-state index in [0.717, 1.165) is 27.8 Å². The van der Waals surface area contributed by atoms with Gasteiger partial charge in [0.1, 0.15) is 17.4 Å². The molecule has 182 valence electrons. The summed E-state index contributed by atoms with van der Waals surface area (Å²) in [5.41, 5.74) is 3.30. The highest BCUT2D eigenvalue weighted by Gasteiger charge is 2.41. The molecule has 0 radical (unpaired) electrons. The van der Waals surface area contributed by atoms with Crippen LogP contribution < -0.4 is 0 Å². The van der Waals surface area contributed by atoms with E-state index in [4.69, 9.17) is 16.6 Å². The van der Waals surface area contributed by atoms with Crippen LogP contribution in [0.15, 0.2) is 138 Å². The second kappa shape index (κ2) is 10.8. The lowest BCUT2D eigenvalue weighted by Crippen LogP contribution is -2.34. The second-order valence-electron chi connectivity index (χ2n) is 8.87. The van der Waals surface area contributed by atoms with Crippen molar-refractivity contribution < 1.29 is 10.2 Å². The van der Waals surface area contributed by atoms with E-state index in [1.165, 1.54) is 0 Å². The van der Waals surface area contributed by atoms with Crippen LogP contribution in [0.3, 0.4) is 0 Å². The van der Waals surface area contributed by atoms with Crippen molar-refractivity contribution >= 4 is 17.8 Å². The van der Waals surface area contributed by atoms with Crippen molar-refractivity contribution in [2.75, 3.05) is 0 Å². The number of benzene rings is 5. The van der Waals surface area contributed by atoms with Gasteiger partial charge >= 0.3 is 0 Å². The number of aromatic hydroxyl groups is 1. The summed E-state index contributed by atoms with van der Waals surface area (Å²) in [6, 6.07) is 41.2. The number of halogens is 1. The number of aliphatic imine (C=N–C) groups is 1. The van der Waals surface area contributed by atoms with Crippen molar-refractivity contribution in [1.82, 2.24) is 0 Å². The Labute approximate surface area is 222 Å². The Hall–Kier alpha value is -4.18. The van der Waals surface area contributed by atoms with Crippen LogP contribution in [0.1, 0.15) is 28.3 Å². The van der Waals surface area contributed by atoms with Crippen LogP contribution in [0.4, 0.5) is 0 Å². The lowest BCUT2D eigenvalue weighted by atomic mass is 9.77. The fourth-order valence-corrected chi connectivity index (χ4v) is 4.70. The Morgan fingerprint density at radius 1 is 0.649 bits per heavy atom. The number of phenolic OH excluding ortho intramolecular Hbond substituents is 1. The number of hydrogen-bond acceptors (Lipinski definition) is 3. The summed E-state index contributed by atoms with van der Waals surface area (Å²) in [6.45, 7) is 0. The molecule has 5 rings (SSSR count). The van der Waals surface area contributed by atoms with Crippen molar-refractivity contribution in [3.63, 3.8) is 0 Å². The van der Waals surface area contributed by atoms with E-state index in [1.807, 2.05) is 127 Å². The largest absolute Gasteiger partial charge is 0.507 e. The zero-order valence-electron chi connectivity index (χ0n) is 20.1. The van der Waals surface area contributed by atoms with Crippen LogP contribution in [-0.2, 0) is 5.60 Å². The van der Waals surface area contributed by atoms with Crippen molar-refractivity contribution in [3.05, 3.63) is 161 Å². The Morgan fingerprint density at radius 3 is 1.73 bits per heavy atom. The van der Waals surface area contributed by atoms with E-state index >= 15 is 0 Å². The summed E-state index contributed by atoms with van der Waals surface area (Å²) >= 11 is 6.06. The van der Waals surface area contributed by atoms with Crippen LogP contribution in [0.5, 0.6) is 5.75 Å². The van der Waals surface area contributed by atoms with Crippen molar-refractivity contribution in [1.29, 1.82) is 0 Å². The smallest absolute Gasteiger partial charge is 0.141 e. The van der Waals surface area contributed by atoms with Crippen LogP contribution in [-0.4, -0.2) is 16.4 Å². The normalized spacial score (nSPS) is 12.5. The molecule has 0 amide bonds. The molecule has 0 fully saturated rings. The molecule has 5 aromatic carbocycles. The quantitative estimate of drug-likeness (QED) is 0.222. The molecule has 0 heterocycles. The minimum Gasteiger partial charge on any atom is -0.507 e. The first-order valence-corrected chi connectivity index (χ1v) is 12.4. The molecule has 0 saturated heterocycles. The molecule has 0 aliphatic rings. The minimum atomic E-state index is -1.45. The number of phenols is 1. The van der Waals surface area contributed by atoms with Crippen LogP contribution >= 0.6 is 11.6 Å². The van der Waals surface area contributed by atoms with E-state index in [0.29, 0.717) is 10.6 Å². The zero-order valence-corrected chi connectivity index (χ0v) is 20.8. The first kappa shape index (κ1) is 24.5. The van der Waals surface area contributed by atoms with Crippen LogP contribution in [0.25, 0.3) is 11.1 Å². The Kier molecular flexibility index (Phi) is 7.18. The Bertz CT molecular complexity index is 1450. The first-order valence-electron chi connectivity index (χ1n) is 12.1. The monoisotopic (exact) mass is 503 g/mol. The average molecular weight is 504 g/mol. The zero-order chi connectivity index (χ0) is 25.7. The maximum Gasteiger partial charge on any atom is 0.141 e.